The molecule has 0 aliphatic carbocycles. The maximum Gasteiger partial charge on any atom is 0.280 e. The van der Waals surface area contributed by atoms with Gasteiger partial charge in [0.05, 0.1) is 22.1 Å². The number of nitrogens with zero attached hydrogens (tertiary/aromatic N) is 4. The Morgan fingerprint density at radius 3 is 2.62 bits per heavy atom. The van der Waals surface area contributed by atoms with E-state index in [0.29, 0.717) is 10.7 Å². The number of aryl methyl sites for hydroxylation is 1. The largest absolute Gasteiger partial charge is 0.298 e. The Morgan fingerprint density at radius 1 is 1.09 bits per heavy atom. The number of nitrogens with one attached hydrogen (secondary N) is 1. The molecule has 5 aromatic rings. The van der Waals surface area contributed by atoms with Gasteiger partial charge in [-0.05, 0) is 55.0 Å². The number of amides is 1. The number of thiazole rings is 1. The van der Waals surface area contributed by atoms with Crippen LogP contribution in [0.3, 0.4) is 0 Å². The predicted octanol–water partition coefficient (Wildman–Crippen LogP) is 5.64. The van der Waals surface area contributed by atoms with Crippen molar-refractivity contribution in [1.82, 2.24) is 19.6 Å². The number of aromatic nitrogens is 4. The van der Waals surface area contributed by atoms with Gasteiger partial charge < -0.3 is 0 Å². The van der Waals surface area contributed by atoms with Crippen molar-refractivity contribution in [3.8, 4) is 11.3 Å². The van der Waals surface area contributed by atoms with E-state index in [1.165, 1.54) is 47.9 Å². The van der Waals surface area contributed by atoms with Gasteiger partial charge in [-0.3, -0.25) is 10.1 Å². The zero-order valence-corrected chi connectivity index (χ0v) is 17.3. The highest BCUT2D eigenvalue weighted by Gasteiger charge is 2.22. The Bertz CT molecular complexity index is 1480. The van der Waals surface area contributed by atoms with E-state index in [4.69, 9.17) is 0 Å². The van der Waals surface area contributed by atoms with Gasteiger partial charge in [-0.2, -0.15) is 5.10 Å². The van der Waals surface area contributed by atoms with Crippen molar-refractivity contribution in [2.75, 3.05) is 5.32 Å². The fourth-order valence-electron chi connectivity index (χ4n) is 3.32. The molecule has 0 unspecified atom stereocenters. The molecule has 2 aromatic carbocycles. The zero-order chi connectivity index (χ0) is 22.4. The summed E-state index contributed by atoms with van der Waals surface area (Å²) in [5, 5.41) is 7.01. The molecule has 3 aromatic heterocycles. The molecule has 160 valence electrons. The molecular formula is C22H14F3N5OS. The molecule has 0 aliphatic heterocycles. The van der Waals surface area contributed by atoms with Crippen LogP contribution in [-0.4, -0.2) is 25.5 Å². The summed E-state index contributed by atoms with van der Waals surface area (Å²) in [5.41, 5.74) is 1.99. The smallest absolute Gasteiger partial charge is 0.280 e. The van der Waals surface area contributed by atoms with Crippen LogP contribution < -0.4 is 5.32 Å². The molecule has 1 N–H and O–H groups in total. The predicted molar refractivity (Wildman–Crippen MR) is 116 cm³/mol. The maximum atomic E-state index is 13.7. The summed E-state index contributed by atoms with van der Waals surface area (Å²) in [6.45, 7) is 1.96. The summed E-state index contributed by atoms with van der Waals surface area (Å²) in [7, 11) is 0. The molecule has 0 saturated carbocycles. The number of benzene rings is 2. The van der Waals surface area contributed by atoms with Gasteiger partial charge in [0.1, 0.15) is 17.1 Å². The number of alkyl halides is 2. The summed E-state index contributed by atoms with van der Waals surface area (Å²) >= 11 is 1.31. The van der Waals surface area contributed by atoms with Crippen molar-refractivity contribution in [1.29, 1.82) is 0 Å². The first-order chi connectivity index (χ1) is 15.4. The molecular weight excluding hydrogens is 439 g/mol. The molecule has 0 fully saturated rings. The third-order valence-electron chi connectivity index (χ3n) is 4.87. The minimum absolute atomic E-state index is 0.0197. The van der Waals surface area contributed by atoms with Crippen LogP contribution in [0.2, 0.25) is 0 Å². The molecule has 1 amide bonds. The topological polar surface area (TPSA) is 72.2 Å². The number of anilines is 1. The number of carbonyl (C=O) groups excluding carboxylic acids is 1. The number of fused-ring (bicyclic) bond motifs is 2. The Morgan fingerprint density at radius 2 is 1.88 bits per heavy atom. The molecule has 0 atom stereocenters. The Hall–Kier alpha value is -3.79. The molecule has 0 saturated heterocycles. The molecule has 0 radical (unpaired) electrons. The lowest BCUT2D eigenvalue weighted by atomic mass is 10.1. The van der Waals surface area contributed by atoms with E-state index in [1.807, 2.05) is 25.1 Å². The second-order valence-electron chi connectivity index (χ2n) is 7.11. The third-order valence-corrected chi connectivity index (χ3v) is 5.81. The number of hydrogen-bond donors (Lipinski definition) is 1. The molecule has 5 rings (SSSR count). The summed E-state index contributed by atoms with van der Waals surface area (Å²) < 4.78 is 42.5. The summed E-state index contributed by atoms with van der Waals surface area (Å²) in [4.78, 5) is 21.7. The van der Waals surface area contributed by atoms with E-state index >= 15 is 0 Å². The number of rotatable bonds is 4. The average Bonchev–Trinajstić information content (AvgIpc) is 3.36. The van der Waals surface area contributed by atoms with E-state index in [0.717, 1.165) is 20.3 Å². The lowest BCUT2D eigenvalue weighted by molar-refractivity contribution is 0.102. The van der Waals surface area contributed by atoms with Crippen LogP contribution in [0.5, 0.6) is 0 Å². The van der Waals surface area contributed by atoms with Crippen LogP contribution in [0.25, 0.3) is 27.1 Å². The van der Waals surface area contributed by atoms with Gasteiger partial charge >= 0.3 is 0 Å². The lowest BCUT2D eigenvalue weighted by Gasteiger charge is -2.08. The number of hydrogen-bond acceptors (Lipinski definition) is 5. The van der Waals surface area contributed by atoms with Gasteiger partial charge in [0.2, 0.25) is 0 Å². The quantitative estimate of drug-likeness (QED) is 0.382. The highest BCUT2D eigenvalue weighted by atomic mass is 32.1. The second kappa shape index (κ2) is 7.72. The molecule has 10 heteroatoms. The minimum atomic E-state index is -2.86. The lowest BCUT2D eigenvalue weighted by Crippen LogP contribution is -2.12. The van der Waals surface area contributed by atoms with E-state index in [1.54, 1.807) is 0 Å². The average molecular weight is 453 g/mol. The highest BCUT2D eigenvalue weighted by molar-refractivity contribution is 7.22. The van der Waals surface area contributed by atoms with Crippen molar-refractivity contribution in [3.63, 3.8) is 0 Å². The zero-order valence-electron chi connectivity index (χ0n) is 16.5. The SMILES string of the molecule is Cc1ccc2nc(NC(=O)c3cnn4c(C(F)F)cc(-c5ccc(F)cc5)nc34)sc2c1. The van der Waals surface area contributed by atoms with Crippen LogP contribution in [-0.2, 0) is 0 Å². The van der Waals surface area contributed by atoms with Crippen LogP contribution in [0, 0.1) is 12.7 Å². The van der Waals surface area contributed by atoms with Crippen molar-refractivity contribution in [3.05, 3.63) is 77.4 Å². The number of carbonyl (C=O) groups is 1. The van der Waals surface area contributed by atoms with Crippen LogP contribution >= 0.6 is 11.3 Å². The van der Waals surface area contributed by atoms with Crippen molar-refractivity contribution >= 4 is 38.2 Å². The summed E-state index contributed by atoms with van der Waals surface area (Å²) in [6, 6.07) is 12.2. The van der Waals surface area contributed by atoms with Crippen LogP contribution in [0.15, 0.2) is 54.7 Å². The monoisotopic (exact) mass is 453 g/mol. The first-order valence-electron chi connectivity index (χ1n) is 9.50. The van der Waals surface area contributed by atoms with Gasteiger partial charge in [0.15, 0.2) is 10.8 Å². The highest BCUT2D eigenvalue weighted by Crippen LogP contribution is 2.29. The van der Waals surface area contributed by atoms with E-state index in [-0.39, 0.29) is 16.9 Å². The third kappa shape index (κ3) is 3.58. The van der Waals surface area contributed by atoms with Gasteiger partial charge in [0.25, 0.3) is 12.3 Å². The molecule has 0 bridgehead atoms. The van der Waals surface area contributed by atoms with E-state index in [9.17, 15) is 18.0 Å². The maximum absolute atomic E-state index is 13.7. The Labute approximate surface area is 183 Å². The fraction of sp³-hybridized carbons (Fsp3) is 0.0909. The summed E-state index contributed by atoms with van der Waals surface area (Å²) in [5.74, 6) is -1.03. The molecule has 3 heterocycles. The number of halogens is 3. The Kier molecular flexibility index (Phi) is 4.86. The van der Waals surface area contributed by atoms with Crippen LogP contribution in [0.1, 0.15) is 28.0 Å². The first kappa shape index (κ1) is 20.1. The Balaban J connectivity index is 1.56. The standard InChI is InChI=1S/C22H14F3N5OS/c1-11-2-7-15-18(8-11)32-22(28-15)29-21(31)14-10-26-30-17(19(24)25)9-16(27-20(14)30)12-3-5-13(23)6-4-12/h2-10,19H,1H3,(H,28,29,31). The van der Waals surface area contributed by atoms with E-state index < -0.39 is 23.8 Å². The van der Waals surface area contributed by atoms with Crippen molar-refractivity contribution in [2.45, 2.75) is 13.3 Å². The van der Waals surface area contributed by atoms with Gasteiger partial charge in [-0.25, -0.2) is 27.7 Å². The molecule has 0 spiro atoms. The summed E-state index contributed by atoms with van der Waals surface area (Å²) in [6.07, 6.45) is -1.67. The van der Waals surface area contributed by atoms with Gasteiger partial charge in [-0.1, -0.05) is 17.4 Å². The van der Waals surface area contributed by atoms with Gasteiger partial charge in [-0.15, -0.1) is 0 Å². The van der Waals surface area contributed by atoms with Gasteiger partial charge in [0, 0.05) is 5.56 Å². The minimum Gasteiger partial charge on any atom is -0.298 e. The van der Waals surface area contributed by atoms with E-state index in [2.05, 4.69) is 20.4 Å². The molecule has 0 aliphatic rings. The normalized spacial score (nSPS) is 11.5. The fourth-order valence-corrected chi connectivity index (χ4v) is 4.28. The molecule has 6 nitrogen and oxygen atoms in total. The second-order valence-corrected chi connectivity index (χ2v) is 8.14. The van der Waals surface area contributed by atoms with Crippen molar-refractivity contribution < 1.29 is 18.0 Å². The first-order valence-corrected chi connectivity index (χ1v) is 10.3. The van der Waals surface area contributed by atoms with Crippen LogP contribution in [0.4, 0.5) is 18.3 Å². The van der Waals surface area contributed by atoms with Crippen molar-refractivity contribution in [2.24, 2.45) is 0 Å². The molecule has 32 heavy (non-hydrogen) atoms.